The number of aryl methyl sites for hydroxylation is 2. The molecule has 0 amide bonds. The van der Waals surface area contributed by atoms with Crippen molar-refractivity contribution < 1.29 is 36.6 Å². The SMILES string of the molecule is N#Cc1ccc(-c2ccc(CCCC(=O)Oc3ccc(-c4ccc(C#N)cc4)c(F)c3)cc2F)cc1.O=C(CCCc1ccc(Br)c(F)c1)Oc1ccc(Br)c(F)c1. The van der Waals surface area contributed by atoms with E-state index in [4.69, 9.17) is 20.0 Å². The number of halogens is 6. The van der Waals surface area contributed by atoms with Crippen molar-refractivity contribution in [2.75, 3.05) is 0 Å². The first-order valence-corrected chi connectivity index (χ1v) is 19.4. The molecule has 292 valence electrons. The molecule has 6 aromatic carbocycles. The number of benzene rings is 6. The summed E-state index contributed by atoms with van der Waals surface area (Å²) in [6.07, 6.45) is 2.28. The summed E-state index contributed by atoms with van der Waals surface area (Å²) in [6.45, 7) is 0. The van der Waals surface area contributed by atoms with E-state index < -0.39 is 23.6 Å². The van der Waals surface area contributed by atoms with E-state index in [0.717, 1.165) is 23.3 Å². The monoisotopic (exact) mass is 910 g/mol. The molecule has 0 heterocycles. The highest BCUT2D eigenvalue weighted by molar-refractivity contribution is 9.10. The molecule has 6 rings (SSSR count). The lowest BCUT2D eigenvalue weighted by Gasteiger charge is -2.09. The van der Waals surface area contributed by atoms with Crippen LogP contribution >= 0.6 is 31.9 Å². The average Bonchev–Trinajstić information content (AvgIpc) is 3.21. The zero-order valence-electron chi connectivity index (χ0n) is 30.6. The Morgan fingerprint density at radius 3 is 1.31 bits per heavy atom. The minimum absolute atomic E-state index is 0.0952. The fourth-order valence-electron chi connectivity index (χ4n) is 5.66. The Bertz CT molecular complexity index is 2500. The van der Waals surface area contributed by atoms with Gasteiger partial charge in [0.05, 0.1) is 32.2 Å². The molecular formula is C46H32Br2F4N2O4. The van der Waals surface area contributed by atoms with Crippen molar-refractivity contribution in [1.29, 1.82) is 10.5 Å². The second-order valence-corrected chi connectivity index (χ2v) is 14.5. The summed E-state index contributed by atoms with van der Waals surface area (Å²) in [6, 6.07) is 35.4. The van der Waals surface area contributed by atoms with Gasteiger partial charge < -0.3 is 9.47 Å². The van der Waals surface area contributed by atoms with Crippen LogP contribution in [0.5, 0.6) is 11.5 Å². The fourth-order valence-corrected chi connectivity index (χ4v) is 6.16. The van der Waals surface area contributed by atoms with Crippen molar-refractivity contribution in [1.82, 2.24) is 0 Å². The number of esters is 2. The second kappa shape index (κ2) is 20.9. The molecule has 0 N–H and O–H groups in total. The lowest BCUT2D eigenvalue weighted by atomic mass is 10.00. The van der Waals surface area contributed by atoms with Crippen LogP contribution in [0, 0.1) is 45.9 Å². The van der Waals surface area contributed by atoms with Crippen LogP contribution in [0.1, 0.15) is 47.9 Å². The first kappa shape index (κ1) is 43.1. The maximum atomic E-state index is 14.6. The van der Waals surface area contributed by atoms with Crippen molar-refractivity contribution in [3.63, 3.8) is 0 Å². The summed E-state index contributed by atoms with van der Waals surface area (Å²) in [5.41, 5.74) is 4.61. The van der Waals surface area contributed by atoms with Crippen LogP contribution in [0.3, 0.4) is 0 Å². The maximum absolute atomic E-state index is 14.6. The number of nitriles is 2. The Hall–Kier alpha value is -6.08. The highest BCUT2D eigenvalue weighted by Crippen LogP contribution is 2.28. The molecule has 0 saturated heterocycles. The van der Waals surface area contributed by atoms with Gasteiger partial charge in [-0.15, -0.1) is 0 Å². The summed E-state index contributed by atoms with van der Waals surface area (Å²) in [7, 11) is 0. The number of ether oxygens (including phenoxy) is 2. The second-order valence-electron chi connectivity index (χ2n) is 12.8. The molecular weight excluding hydrogens is 880 g/mol. The summed E-state index contributed by atoms with van der Waals surface area (Å²) < 4.78 is 66.9. The topological polar surface area (TPSA) is 100 Å². The van der Waals surface area contributed by atoms with Gasteiger partial charge in [0.15, 0.2) is 0 Å². The van der Waals surface area contributed by atoms with Crippen molar-refractivity contribution in [3.8, 4) is 45.9 Å². The molecule has 6 nitrogen and oxygen atoms in total. The predicted molar refractivity (Wildman–Crippen MR) is 218 cm³/mol. The minimum atomic E-state index is -0.539. The highest BCUT2D eigenvalue weighted by atomic mass is 79.9. The third-order valence-electron chi connectivity index (χ3n) is 8.66. The Labute approximate surface area is 349 Å². The predicted octanol–water partition coefficient (Wildman–Crippen LogP) is 12.4. The van der Waals surface area contributed by atoms with E-state index in [1.165, 1.54) is 36.4 Å². The largest absolute Gasteiger partial charge is 0.426 e. The molecule has 0 aliphatic rings. The van der Waals surface area contributed by atoms with Crippen LogP contribution in [0.4, 0.5) is 17.6 Å². The van der Waals surface area contributed by atoms with Gasteiger partial charge in [0, 0.05) is 36.1 Å². The Morgan fingerprint density at radius 1 is 0.500 bits per heavy atom. The third kappa shape index (κ3) is 12.5. The zero-order chi connectivity index (χ0) is 41.6. The molecule has 0 saturated carbocycles. The van der Waals surface area contributed by atoms with Gasteiger partial charge >= 0.3 is 11.9 Å². The van der Waals surface area contributed by atoms with E-state index in [0.29, 0.717) is 68.0 Å². The van der Waals surface area contributed by atoms with Gasteiger partial charge in [0.2, 0.25) is 0 Å². The van der Waals surface area contributed by atoms with E-state index in [9.17, 15) is 27.2 Å². The third-order valence-corrected chi connectivity index (χ3v) is 9.94. The van der Waals surface area contributed by atoms with Crippen molar-refractivity contribution >= 4 is 43.8 Å². The van der Waals surface area contributed by atoms with E-state index in [2.05, 4.69) is 31.9 Å². The van der Waals surface area contributed by atoms with Crippen LogP contribution in [0.15, 0.2) is 130 Å². The highest BCUT2D eigenvalue weighted by Gasteiger charge is 2.13. The molecule has 0 fully saturated rings. The Morgan fingerprint density at radius 2 is 0.879 bits per heavy atom. The molecule has 0 unspecified atom stereocenters. The van der Waals surface area contributed by atoms with Crippen LogP contribution < -0.4 is 9.47 Å². The zero-order valence-corrected chi connectivity index (χ0v) is 33.8. The number of carbonyl (C=O) groups excluding carboxylic acids is 2. The Balaban J connectivity index is 0.000000249. The first-order valence-electron chi connectivity index (χ1n) is 17.8. The summed E-state index contributed by atoms with van der Waals surface area (Å²) in [5.74, 6) is -2.41. The molecule has 0 spiro atoms. The summed E-state index contributed by atoms with van der Waals surface area (Å²) in [5, 5.41) is 17.8. The molecule has 12 heteroatoms. The number of nitrogens with zero attached hydrogens (tertiary/aromatic N) is 2. The molecule has 0 radical (unpaired) electrons. The number of carbonyl (C=O) groups is 2. The van der Waals surface area contributed by atoms with Gasteiger partial charge in [-0.3, -0.25) is 9.59 Å². The minimum Gasteiger partial charge on any atom is -0.426 e. The number of hydrogen-bond acceptors (Lipinski definition) is 6. The van der Waals surface area contributed by atoms with E-state index >= 15 is 0 Å². The quantitative estimate of drug-likeness (QED) is 0.0689. The van der Waals surface area contributed by atoms with Gasteiger partial charge in [0.25, 0.3) is 0 Å². The fraction of sp³-hybridized carbons (Fsp3) is 0.130. The molecule has 0 aromatic heterocycles. The van der Waals surface area contributed by atoms with Gasteiger partial charge in [-0.2, -0.15) is 10.5 Å². The van der Waals surface area contributed by atoms with E-state index in [1.807, 2.05) is 12.1 Å². The molecule has 0 atom stereocenters. The molecule has 0 aliphatic carbocycles. The van der Waals surface area contributed by atoms with Crippen LogP contribution in [-0.2, 0) is 22.4 Å². The van der Waals surface area contributed by atoms with Gasteiger partial charge in [-0.05, 0) is 147 Å². The average molecular weight is 913 g/mol. The molecule has 0 bridgehead atoms. The normalized spacial score (nSPS) is 10.4. The maximum Gasteiger partial charge on any atom is 0.311 e. The van der Waals surface area contributed by atoms with Crippen LogP contribution in [0.25, 0.3) is 22.3 Å². The lowest BCUT2D eigenvalue weighted by molar-refractivity contribution is -0.135. The molecule has 6 aromatic rings. The van der Waals surface area contributed by atoms with Gasteiger partial charge in [-0.1, -0.05) is 42.5 Å². The van der Waals surface area contributed by atoms with Gasteiger partial charge in [-0.25, -0.2) is 17.6 Å². The van der Waals surface area contributed by atoms with Crippen LogP contribution in [0.2, 0.25) is 0 Å². The first-order chi connectivity index (χ1) is 27.9. The van der Waals surface area contributed by atoms with Crippen molar-refractivity contribution in [3.05, 3.63) is 176 Å². The molecule has 0 aliphatic heterocycles. The number of hydrogen-bond donors (Lipinski definition) is 0. The lowest BCUT2D eigenvalue weighted by Crippen LogP contribution is -2.08. The Kier molecular flexibility index (Phi) is 15.5. The van der Waals surface area contributed by atoms with Crippen molar-refractivity contribution in [2.24, 2.45) is 0 Å². The van der Waals surface area contributed by atoms with Crippen LogP contribution in [-0.4, -0.2) is 11.9 Å². The van der Waals surface area contributed by atoms with Crippen molar-refractivity contribution in [2.45, 2.75) is 38.5 Å². The van der Waals surface area contributed by atoms with E-state index in [-0.39, 0.29) is 36.0 Å². The summed E-state index contributed by atoms with van der Waals surface area (Å²) in [4.78, 5) is 23.9. The summed E-state index contributed by atoms with van der Waals surface area (Å²) >= 11 is 6.11. The number of rotatable bonds is 12. The standard InChI is InChI=1S/C30H20F2N2O2.C16H12Br2F2O2/c31-28-16-20(8-14-26(28)23-9-4-21(18-33)5-10-23)2-1-3-30(35)36-25-13-15-27(29(32)17-25)24-11-6-22(19-34)7-12-24;17-12-6-4-10(8-14(12)19)2-1-3-16(21)22-11-5-7-13(18)15(20)9-11/h4-17H,1-3H2;4-9H,1-3H2. The molecule has 58 heavy (non-hydrogen) atoms. The van der Waals surface area contributed by atoms with Gasteiger partial charge in [0.1, 0.15) is 34.8 Å². The smallest absolute Gasteiger partial charge is 0.311 e. The van der Waals surface area contributed by atoms with E-state index in [1.54, 1.807) is 72.8 Å².